The second-order valence-corrected chi connectivity index (χ2v) is 7.41. The number of benzene rings is 1. The molecule has 2 aliphatic rings. The third kappa shape index (κ3) is 6.30. The highest BCUT2D eigenvalue weighted by atomic mass is 127. The molecule has 1 aliphatic heterocycles. The van der Waals surface area contributed by atoms with Crippen LogP contribution >= 0.6 is 24.0 Å². The van der Waals surface area contributed by atoms with Gasteiger partial charge in [0.25, 0.3) is 0 Å². The molecule has 1 saturated heterocycles. The largest absolute Gasteiger partial charge is 0.370 e. The van der Waals surface area contributed by atoms with E-state index in [-0.39, 0.29) is 24.0 Å². The van der Waals surface area contributed by atoms with Gasteiger partial charge in [0.05, 0.1) is 6.54 Å². The third-order valence-electron chi connectivity index (χ3n) is 5.54. The predicted octanol–water partition coefficient (Wildman–Crippen LogP) is 3.05. The normalized spacial score (nSPS) is 21.1. The molecule has 6 heteroatoms. The Labute approximate surface area is 175 Å². The molecule has 1 aliphatic carbocycles. The standard InChI is InChI=1S/C20H33N5.HI/c1-17(16-22-20(21)23-18-8-4-2-5-9-18)24-12-14-25(15-13-24)19-10-6-3-7-11-19;/h3,6-7,10-11,17-18H,2,4-5,8-9,12-16H2,1H3,(H3,21,22,23);1H. The van der Waals surface area contributed by atoms with Crippen LogP contribution in [0.3, 0.4) is 0 Å². The van der Waals surface area contributed by atoms with Crippen molar-refractivity contribution in [3.05, 3.63) is 30.3 Å². The first-order chi connectivity index (χ1) is 12.2. The van der Waals surface area contributed by atoms with Crippen LogP contribution in [0, 0.1) is 0 Å². The van der Waals surface area contributed by atoms with Gasteiger partial charge in [-0.15, -0.1) is 24.0 Å². The van der Waals surface area contributed by atoms with Crippen molar-refractivity contribution in [3.8, 4) is 0 Å². The van der Waals surface area contributed by atoms with Gasteiger partial charge in [-0.3, -0.25) is 9.89 Å². The number of hydrogen-bond donors (Lipinski definition) is 2. The molecule has 0 bridgehead atoms. The molecule has 3 N–H and O–H groups in total. The zero-order chi connectivity index (χ0) is 17.5. The molecular weight excluding hydrogens is 437 g/mol. The van der Waals surface area contributed by atoms with Gasteiger partial charge in [0, 0.05) is 44.0 Å². The molecule has 0 radical (unpaired) electrons. The first-order valence-electron chi connectivity index (χ1n) is 9.83. The van der Waals surface area contributed by atoms with Gasteiger partial charge in [-0.25, -0.2) is 0 Å². The van der Waals surface area contributed by atoms with Crippen LogP contribution in [0.4, 0.5) is 5.69 Å². The van der Waals surface area contributed by atoms with Gasteiger partial charge in [0.2, 0.25) is 0 Å². The number of aliphatic imine (C=N–C) groups is 1. The number of guanidine groups is 1. The zero-order valence-corrected chi connectivity index (χ0v) is 18.3. The molecule has 26 heavy (non-hydrogen) atoms. The minimum absolute atomic E-state index is 0. The van der Waals surface area contributed by atoms with E-state index < -0.39 is 0 Å². The van der Waals surface area contributed by atoms with Crippen LogP contribution in [0.25, 0.3) is 0 Å². The summed E-state index contributed by atoms with van der Waals surface area (Å²) in [6.07, 6.45) is 6.45. The SMILES string of the molecule is CC(CN=C(N)NC1CCCCC1)N1CCN(c2ccccc2)CC1.I. The van der Waals surface area contributed by atoms with Gasteiger partial charge in [0.1, 0.15) is 0 Å². The lowest BCUT2D eigenvalue weighted by Crippen LogP contribution is -2.50. The topological polar surface area (TPSA) is 56.9 Å². The van der Waals surface area contributed by atoms with Crippen molar-refractivity contribution in [2.45, 2.75) is 51.1 Å². The van der Waals surface area contributed by atoms with Gasteiger partial charge in [0.15, 0.2) is 5.96 Å². The highest BCUT2D eigenvalue weighted by Gasteiger charge is 2.21. The van der Waals surface area contributed by atoms with E-state index in [9.17, 15) is 0 Å². The number of para-hydroxylation sites is 1. The number of halogens is 1. The summed E-state index contributed by atoms with van der Waals surface area (Å²) < 4.78 is 0. The van der Waals surface area contributed by atoms with Gasteiger partial charge in [-0.1, -0.05) is 37.5 Å². The number of anilines is 1. The van der Waals surface area contributed by atoms with Crippen molar-refractivity contribution in [1.29, 1.82) is 0 Å². The average molecular weight is 471 g/mol. The van der Waals surface area contributed by atoms with Crippen LogP contribution in [-0.4, -0.2) is 55.7 Å². The van der Waals surface area contributed by atoms with Crippen molar-refractivity contribution in [2.24, 2.45) is 10.7 Å². The molecule has 1 atom stereocenters. The van der Waals surface area contributed by atoms with Gasteiger partial charge in [-0.2, -0.15) is 0 Å². The Balaban J connectivity index is 0.00000243. The van der Waals surface area contributed by atoms with Gasteiger partial charge >= 0.3 is 0 Å². The maximum Gasteiger partial charge on any atom is 0.188 e. The zero-order valence-electron chi connectivity index (χ0n) is 15.9. The summed E-state index contributed by atoms with van der Waals surface area (Å²) in [5.74, 6) is 0.627. The summed E-state index contributed by atoms with van der Waals surface area (Å²) in [5, 5.41) is 3.41. The maximum atomic E-state index is 6.09. The second kappa shape index (κ2) is 11.0. The highest BCUT2D eigenvalue weighted by molar-refractivity contribution is 14.0. The van der Waals surface area contributed by atoms with E-state index in [1.807, 2.05) is 0 Å². The quantitative estimate of drug-likeness (QED) is 0.394. The fourth-order valence-corrected chi connectivity index (χ4v) is 3.91. The van der Waals surface area contributed by atoms with E-state index in [1.54, 1.807) is 0 Å². The number of hydrogen-bond acceptors (Lipinski definition) is 3. The van der Waals surface area contributed by atoms with Crippen molar-refractivity contribution < 1.29 is 0 Å². The number of nitrogens with two attached hydrogens (primary N) is 1. The van der Waals surface area contributed by atoms with Gasteiger partial charge in [-0.05, 0) is 31.9 Å². The van der Waals surface area contributed by atoms with E-state index in [1.165, 1.54) is 37.8 Å². The Kier molecular flexibility index (Phi) is 8.98. The molecule has 0 spiro atoms. The summed E-state index contributed by atoms with van der Waals surface area (Å²) >= 11 is 0. The van der Waals surface area contributed by atoms with Crippen molar-refractivity contribution in [2.75, 3.05) is 37.6 Å². The molecule has 5 nitrogen and oxygen atoms in total. The summed E-state index contributed by atoms with van der Waals surface area (Å²) in [7, 11) is 0. The van der Waals surface area contributed by atoms with Crippen LogP contribution in [0.2, 0.25) is 0 Å². The molecule has 1 unspecified atom stereocenters. The Morgan fingerprint density at radius 1 is 1.12 bits per heavy atom. The van der Waals surface area contributed by atoms with Crippen LogP contribution in [0.5, 0.6) is 0 Å². The molecule has 2 fully saturated rings. The van der Waals surface area contributed by atoms with E-state index in [2.05, 4.69) is 57.4 Å². The van der Waals surface area contributed by atoms with Crippen molar-refractivity contribution >= 4 is 35.6 Å². The Bertz CT molecular complexity index is 536. The van der Waals surface area contributed by atoms with Gasteiger partial charge < -0.3 is 16.0 Å². The second-order valence-electron chi connectivity index (χ2n) is 7.41. The molecule has 1 saturated carbocycles. The number of piperazine rings is 1. The average Bonchev–Trinajstić information content (AvgIpc) is 2.68. The maximum absolute atomic E-state index is 6.09. The lowest BCUT2D eigenvalue weighted by Gasteiger charge is -2.38. The number of nitrogens with zero attached hydrogens (tertiary/aromatic N) is 3. The molecule has 3 rings (SSSR count). The minimum atomic E-state index is 0. The molecule has 1 aromatic carbocycles. The number of rotatable bonds is 5. The highest BCUT2D eigenvalue weighted by Crippen LogP contribution is 2.18. The number of nitrogens with one attached hydrogen (secondary N) is 1. The van der Waals surface area contributed by atoms with Crippen LogP contribution in [0.15, 0.2) is 35.3 Å². The summed E-state index contributed by atoms with van der Waals surface area (Å²) in [4.78, 5) is 9.59. The Hall–Kier alpha value is -1.02. The smallest absolute Gasteiger partial charge is 0.188 e. The minimum Gasteiger partial charge on any atom is -0.370 e. The first kappa shape index (κ1) is 21.3. The van der Waals surface area contributed by atoms with Crippen molar-refractivity contribution in [3.63, 3.8) is 0 Å². The molecule has 1 heterocycles. The molecule has 0 amide bonds. The Morgan fingerprint density at radius 2 is 1.77 bits per heavy atom. The predicted molar refractivity (Wildman–Crippen MR) is 122 cm³/mol. The fourth-order valence-electron chi connectivity index (χ4n) is 3.91. The monoisotopic (exact) mass is 471 g/mol. The molecule has 146 valence electrons. The lowest BCUT2D eigenvalue weighted by molar-refractivity contribution is 0.201. The van der Waals surface area contributed by atoms with Crippen molar-refractivity contribution in [1.82, 2.24) is 10.2 Å². The van der Waals surface area contributed by atoms with E-state index in [0.29, 0.717) is 18.0 Å². The molecule has 0 aromatic heterocycles. The Morgan fingerprint density at radius 3 is 2.42 bits per heavy atom. The summed E-state index contributed by atoms with van der Waals surface area (Å²) in [5.41, 5.74) is 7.42. The van der Waals surface area contributed by atoms with Crippen LogP contribution in [-0.2, 0) is 0 Å². The van der Waals surface area contributed by atoms with Crippen LogP contribution in [0.1, 0.15) is 39.0 Å². The molecule has 1 aromatic rings. The van der Waals surface area contributed by atoms with E-state index in [0.717, 1.165) is 32.7 Å². The third-order valence-corrected chi connectivity index (χ3v) is 5.54. The fraction of sp³-hybridized carbons (Fsp3) is 0.650. The summed E-state index contributed by atoms with van der Waals surface area (Å²) in [6, 6.07) is 11.7. The van der Waals surface area contributed by atoms with E-state index in [4.69, 9.17) is 5.73 Å². The summed E-state index contributed by atoms with van der Waals surface area (Å²) in [6.45, 7) is 7.36. The first-order valence-corrected chi connectivity index (χ1v) is 9.83. The lowest BCUT2D eigenvalue weighted by atomic mass is 9.96. The molecular formula is C20H34IN5. The van der Waals surface area contributed by atoms with E-state index >= 15 is 0 Å². The van der Waals surface area contributed by atoms with Crippen LogP contribution < -0.4 is 16.0 Å².